The molecular formula is C16H26Cl2N4O3S. The summed E-state index contributed by atoms with van der Waals surface area (Å²) in [5.41, 5.74) is 1.73. The summed E-state index contributed by atoms with van der Waals surface area (Å²) >= 11 is 0. The molecule has 0 unspecified atom stereocenters. The number of nitrogens with one attached hydrogen (secondary N) is 2. The Bertz CT molecular complexity index is 724. The predicted molar refractivity (Wildman–Crippen MR) is 107 cm³/mol. The van der Waals surface area contributed by atoms with Gasteiger partial charge in [0.15, 0.2) is 0 Å². The quantitative estimate of drug-likeness (QED) is 0.723. The van der Waals surface area contributed by atoms with Gasteiger partial charge in [-0.1, -0.05) is 0 Å². The van der Waals surface area contributed by atoms with Crippen LogP contribution in [0.25, 0.3) is 0 Å². The van der Waals surface area contributed by atoms with E-state index in [1.165, 1.54) is 6.92 Å². The minimum atomic E-state index is -3.52. The van der Waals surface area contributed by atoms with Gasteiger partial charge in [0.05, 0.1) is 4.90 Å². The molecule has 2 aliphatic rings. The number of halogens is 2. The van der Waals surface area contributed by atoms with Crippen LogP contribution in [-0.4, -0.2) is 65.0 Å². The summed E-state index contributed by atoms with van der Waals surface area (Å²) in [6, 6.07) is 4.99. The molecule has 1 fully saturated rings. The third-order valence-corrected chi connectivity index (χ3v) is 6.03. The molecule has 1 aromatic rings. The first-order valence-corrected chi connectivity index (χ1v) is 9.79. The van der Waals surface area contributed by atoms with E-state index < -0.39 is 10.0 Å². The van der Waals surface area contributed by atoms with Gasteiger partial charge in [-0.25, -0.2) is 13.1 Å². The molecule has 0 saturated carbocycles. The molecule has 2 N–H and O–H groups in total. The SMILES string of the molecule is CC(=O)N1CCc2cc(S(=O)(=O)NCCN3CCNCC3)ccc21.Cl.Cl. The van der Waals surface area contributed by atoms with Crippen molar-refractivity contribution in [3.8, 4) is 0 Å². The first kappa shape index (κ1) is 23.1. The lowest BCUT2D eigenvalue weighted by Crippen LogP contribution is -2.46. The van der Waals surface area contributed by atoms with Gasteiger partial charge in [0.2, 0.25) is 15.9 Å². The molecule has 0 bridgehead atoms. The molecule has 2 heterocycles. The molecule has 10 heteroatoms. The first-order chi connectivity index (χ1) is 11.5. The fourth-order valence-electron chi connectivity index (χ4n) is 3.23. The second-order valence-corrected chi connectivity index (χ2v) is 7.97. The van der Waals surface area contributed by atoms with E-state index in [1.807, 2.05) is 0 Å². The third-order valence-electron chi connectivity index (χ3n) is 4.57. The molecule has 2 aliphatic heterocycles. The largest absolute Gasteiger partial charge is 0.314 e. The first-order valence-electron chi connectivity index (χ1n) is 8.31. The standard InChI is InChI=1S/C16H24N4O3S.2ClH/c1-13(21)20-8-4-14-12-15(2-3-16(14)20)24(22,23)18-7-11-19-9-5-17-6-10-19;;/h2-3,12,17-18H,4-11H2,1H3;2*1H. The number of amides is 1. The highest BCUT2D eigenvalue weighted by molar-refractivity contribution is 7.89. The highest BCUT2D eigenvalue weighted by Crippen LogP contribution is 2.30. The van der Waals surface area contributed by atoms with Crippen LogP contribution in [0.5, 0.6) is 0 Å². The van der Waals surface area contributed by atoms with E-state index >= 15 is 0 Å². The molecule has 148 valence electrons. The molecule has 7 nitrogen and oxygen atoms in total. The highest BCUT2D eigenvalue weighted by atomic mass is 35.5. The van der Waals surface area contributed by atoms with Crippen molar-refractivity contribution in [2.24, 2.45) is 0 Å². The number of sulfonamides is 1. The maximum atomic E-state index is 12.5. The van der Waals surface area contributed by atoms with Crippen LogP contribution in [0, 0.1) is 0 Å². The number of hydrogen-bond acceptors (Lipinski definition) is 5. The molecule has 1 aromatic carbocycles. The number of nitrogens with zero attached hydrogens (tertiary/aromatic N) is 2. The van der Waals surface area contributed by atoms with Crippen LogP contribution in [-0.2, 0) is 21.2 Å². The van der Waals surface area contributed by atoms with Crippen molar-refractivity contribution in [3.05, 3.63) is 23.8 Å². The molecule has 0 aromatic heterocycles. The Hall–Kier alpha value is -0.900. The number of rotatable bonds is 5. The maximum absolute atomic E-state index is 12.5. The maximum Gasteiger partial charge on any atom is 0.240 e. The number of piperazine rings is 1. The Morgan fingerprint density at radius 3 is 2.54 bits per heavy atom. The summed E-state index contributed by atoms with van der Waals surface area (Å²) in [6.45, 7) is 7.04. The lowest BCUT2D eigenvalue weighted by Gasteiger charge is -2.27. The topological polar surface area (TPSA) is 81.8 Å². The monoisotopic (exact) mass is 424 g/mol. The van der Waals surface area contributed by atoms with Crippen LogP contribution < -0.4 is 14.9 Å². The van der Waals surface area contributed by atoms with Gasteiger partial charge in [-0.05, 0) is 30.2 Å². The van der Waals surface area contributed by atoms with E-state index in [0.29, 0.717) is 26.1 Å². The van der Waals surface area contributed by atoms with Crippen LogP contribution in [0.4, 0.5) is 5.69 Å². The van der Waals surface area contributed by atoms with E-state index in [0.717, 1.165) is 37.4 Å². The molecule has 0 spiro atoms. The average molecular weight is 425 g/mol. The summed E-state index contributed by atoms with van der Waals surface area (Å²) in [5, 5.41) is 3.27. The van der Waals surface area contributed by atoms with Crippen molar-refractivity contribution < 1.29 is 13.2 Å². The number of fused-ring (bicyclic) bond motifs is 1. The number of carbonyl (C=O) groups is 1. The zero-order valence-electron chi connectivity index (χ0n) is 14.7. The Labute approximate surface area is 167 Å². The van der Waals surface area contributed by atoms with Crippen LogP contribution >= 0.6 is 24.8 Å². The summed E-state index contributed by atoms with van der Waals surface area (Å²) in [7, 11) is -3.52. The summed E-state index contributed by atoms with van der Waals surface area (Å²) in [6.07, 6.45) is 0.694. The molecule has 0 radical (unpaired) electrons. The average Bonchev–Trinajstić information content (AvgIpc) is 2.99. The van der Waals surface area contributed by atoms with Crippen molar-refractivity contribution in [1.82, 2.24) is 14.9 Å². The fourth-order valence-corrected chi connectivity index (χ4v) is 4.30. The third kappa shape index (κ3) is 5.31. The van der Waals surface area contributed by atoms with Gasteiger partial charge in [0.1, 0.15) is 0 Å². The van der Waals surface area contributed by atoms with Crippen LogP contribution in [0.3, 0.4) is 0 Å². The Morgan fingerprint density at radius 1 is 1.19 bits per heavy atom. The number of carbonyl (C=O) groups excluding carboxylic acids is 1. The van der Waals surface area contributed by atoms with E-state index in [9.17, 15) is 13.2 Å². The van der Waals surface area contributed by atoms with Crippen molar-refractivity contribution in [3.63, 3.8) is 0 Å². The smallest absolute Gasteiger partial charge is 0.240 e. The fraction of sp³-hybridized carbons (Fsp3) is 0.562. The molecule has 1 amide bonds. The Balaban J connectivity index is 0.00000169. The van der Waals surface area contributed by atoms with Crippen LogP contribution in [0.2, 0.25) is 0 Å². The highest BCUT2D eigenvalue weighted by Gasteiger charge is 2.24. The van der Waals surface area contributed by atoms with Crippen molar-refractivity contribution in [2.45, 2.75) is 18.2 Å². The second kappa shape index (κ2) is 9.87. The van der Waals surface area contributed by atoms with Gasteiger partial charge < -0.3 is 10.2 Å². The zero-order valence-corrected chi connectivity index (χ0v) is 17.2. The molecule has 0 aliphatic carbocycles. The summed E-state index contributed by atoms with van der Waals surface area (Å²) in [4.78, 5) is 15.8. The second-order valence-electron chi connectivity index (χ2n) is 6.20. The summed E-state index contributed by atoms with van der Waals surface area (Å²) in [5.74, 6) is -0.0153. The van der Waals surface area contributed by atoms with Gasteiger partial charge in [-0.15, -0.1) is 24.8 Å². The van der Waals surface area contributed by atoms with Crippen molar-refractivity contribution in [1.29, 1.82) is 0 Å². The zero-order chi connectivity index (χ0) is 17.2. The number of anilines is 1. The van der Waals surface area contributed by atoms with E-state index in [4.69, 9.17) is 0 Å². The summed E-state index contributed by atoms with van der Waals surface area (Å²) < 4.78 is 27.6. The number of hydrogen-bond donors (Lipinski definition) is 2. The van der Waals surface area contributed by atoms with Gasteiger partial charge >= 0.3 is 0 Å². The molecule has 3 rings (SSSR count). The van der Waals surface area contributed by atoms with Crippen LogP contribution in [0.15, 0.2) is 23.1 Å². The van der Waals surface area contributed by atoms with Gasteiger partial charge in [0, 0.05) is 58.4 Å². The lowest BCUT2D eigenvalue weighted by molar-refractivity contribution is -0.116. The van der Waals surface area contributed by atoms with E-state index in [-0.39, 0.29) is 35.6 Å². The van der Waals surface area contributed by atoms with Gasteiger partial charge in [-0.3, -0.25) is 9.69 Å². The minimum Gasteiger partial charge on any atom is -0.314 e. The normalized spacial score (nSPS) is 17.2. The van der Waals surface area contributed by atoms with Gasteiger partial charge in [0.25, 0.3) is 0 Å². The Kier molecular flexibility index (Phi) is 8.78. The minimum absolute atomic E-state index is 0. The lowest BCUT2D eigenvalue weighted by atomic mass is 10.2. The van der Waals surface area contributed by atoms with E-state index in [1.54, 1.807) is 23.1 Å². The van der Waals surface area contributed by atoms with Crippen molar-refractivity contribution >= 4 is 46.4 Å². The molecule has 26 heavy (non-hydrogen) atoms. The molecule has 1 saturated heterocycles. The van der Waals surface area contributed by atoms with Gasteiger partial charge in [-0.2, -0.15) is 0 Å². The van der Waals surface area contributed by atoms with Crippen LogP contribution in [0.1, 0.15) is 12.5 Å². The predicted octanol–water partition coefficient (Wildman–Crippen LogP) is 0.623. The molecular weight excluding hydrogens is 399 g/mol. The molecule has 0 atom stereocenters. The van der Waals surface area contributed by atoms with E-state index in [2.05, 4.69) is 14.9 Å². The Morgan fingerprint density at radius 2 is 1.88 bits per heavy atom. The number of benzene rings is 1. The van der Waals surface area contributed by atoms with Crippen molar-refractivity contribution in [2.75, 3.05) is 50.7 Å².